The highest BCUT2D eigenvalue weighted by Gasteiger charge is 2.29. The van der Waals surface area contributed by atoms with E-state index in [1.54, 1.807) is 17.2 Å². The number of hydrogen-bond acceptors (Lipinski definition) is 9. The van der Waals surface area contributed by atoms with E-state index in [1.165, 1.54) is 25.8 Å². The van der Waals surface area contributed by atoms with Gasteiger partial charge in [-0.2, -0.15) is 5.26 Å². The molecule has 10 nitrogen and oxygen atoms in total. The molecule has 2 aliphatic rings. The van der Waals surface area contributed by atoms with Gasteiger partial charge >= 0.3 is 0 Å². The van der Waals surface area contributed by atoms with Crippen molar-refractivity contribution in [3.8, 4) is 23.4 Å². The van der Waals surface area contributed by atoms with Crippen LogP contribution in [0.3, 0.4) is 0 Å². The monoisotopic (exact) mass is 458 g/mol. The van der Waals surface area contributed by atoms with Crippen molar-refractivity contribution in [3.05, 3.63) is 60.3 Å². The van der Waals surface area contributed by atoms with Crippen molar-refractivity contribution in [2.24, 2.45) is 0 Å². The summed E-state index contributed by atoms with van der Waals surface area (Å²) >= 11 is 0. The first-order chi connectivity index (χ1) is 16.7. The van der Waals surface area contributed by atoms with Crippen LogP contribution in [-0.2, 0) is 0 Å². The van der Waals surface area contributed by atoms with Gasteiger partial charge in [0.1, 0.15) is 42.2 Å². The van der Waals surface area contributed by atoms with Crippen molar-refractivity contribution >= 4 is 17.3 Å². The van der Waals surface area contributed by atoms with Gasteiger partial charge in [-0.05, 0) is 18.2 Å². The highest BCUT2D eigenvalue weighted by atomic mass is 16.5. The minimum Gasteiger partial charge on any atom is -0.490 e. The first kappa shape index (κ1) is 21.5. The van der Waals surface area contributed by atoms with Crippen LogP contribution < -0.4 is 19.1 Å². The lowest BCUT2D eigenvalue weighted by atomic mass is 10.2. The Morgan fingerprint density at radius 1 is 1.21 bits per heavy atom. The van der Waals surface area contributed by atoms with E-state index in [4.69, 9.17) is 14.2 Å². The number of pyridine rings is 1. The number of likely N-dealkylation sites (tertiary alicyclic amines) is 1. The number of anilines is 2. The second-order valence-electron chi connectivity index (χ2n) is 7.90. The smallest absolute Gasteiger partial charge is 0.257 e. The van der Waals surface area contributed by atoms with Crippen LogP contribution in [-0.4, -0.2) is 65.2 Å². The molecule has 2 aromatic heterocycles. The van der Waals surface area contributed by atoms with Crippen LogP contribution in [0.4, 0.5) is 11.4 Å². The normalized spacial score (nSPS) is 16.9. The number of nitrogens with zero attached hydrogens (tertiary/aromatic N) is 6. The Labute approximate surface area is 196 Å². The molecular weight excluding hydrogens is 436 g/mol. The summed E-state index contributed by atoms with van der Waals surface area (Å²) in [6.07, 6.45) is 6.72. The Morgan fingerprint density at radius 3 is 2.85 bits per heavy atom. The number of rotatable bonds is 5. The van der Waals surface area contributed by atoms with Gasteiger partial charge in [0, 0.05) is 31.4 Å². The number of benzene rings is 1. The van der Waals surface area contributed by atoms with Gasteiger partial charge in [0.2, 0.25) is 5.88 Å². The quantitative estimate of drug-likeness (QED) is 0.569. The zero-order chi connectivity index (χ0) is 23.5. The largest absolute Gasteiger partial charge is 0.490 e. The molecule has 0 spiro atoms. The standard InChI is InChI=1S/C24H22N6O4/c1-32-23-16(10-25)8-18(13-28-23)30-6-7-33-22-3-2-19(9-21(22)30)34-20-4-5-29(14-20)24(31)17-11-26-15-27-12-17/h2-3,8-9,11-13,15,20H,4-7,14H2,1H3/t20-/m0/s1. The van der Waals surface area contributed by atoms with E-state index < -0.39 is 0 Å². The predicted octanol–water partition coefficient (Wildman–Crippen LogP) is 2.58. The second-order valence-corrected chi connectivity index (χ2v) is 7.90. The number of carbonyl (C=O) groups is 1. The molecule has 172 valence electrons. The molecule has 1 amide bonds. The highest BCUT2D eigenvalue weighted by Crippen LogP contribution is 2.40. The SMILES string of the molecule is COc1ncc(N2CCOc3ccc(O[C@H]4CCN(C(=O)c5cncnc5)C4)cc32)cc1C#N. The number of methoxy groups -OCH3 is 1. The van der Waals surface area contributed by atoms with Crippen LogP contribution in [0.2, 0.25) is 0 Å². The summed E-state index contributed by atoms with van der Waals surface area (Å²) in [7, 11) is 1.49. The average molecular weight is 458 g/mol. The molecule has 1 atom stereocenters. The molecule has 5 rings (SSSR count). The van der Waals surface area contributed by atoms with Crippen LogP contribution in [0.15, 0.2) is 49.2 Å². The summed E-state index contributed by atoms with van der Waals surface area (Å²) in [5, 5.41) is 9.44. The van der Waals surface area contributed by atoms with E-state index in [-0.39, 0.29) is 12.0 Å². The van der Waals surface area contributed by atoms with Crippen LogP contribution >= 0.6 is 0 Å². The summed E-state index contributed by atoms with van der Waals surface area (Å²) in [5.41, 5.74) is 2.42. The third-order valence-corrected chi connectivity index (χ3v) is 5.80. The molecule has 0 unspecified atom stereocenters. The molecule has 3 aromatic rings. The molecule has 1 fully saturated rings. The average Bonchev–Trinajstić information content (AvgIpc) is 3.36. The zero-order valence-electron chi connectivity index (χ0n) is 18.5. The van der Waals surface area contributed by atoms with Crippen molar-refractivity contribution in [1.29, 1.82) is 5.26 Å². The van der Waals surface area contributed by atoms with Crippen molar-refractivity contribution in [1.82, 2.24) is 19.9 Å². The topological polar surface area (TPSA) is 114 Å². The number of hydrogen-bond donors (Lipinski definition) is 0. The van der Waals surface area contributed by atoms with Crippen LogP contribution in [0.1, 0.15) is 22.3 Å². The number of ether oxygens (including phenoxy) is 3. The van der Waals surface area contributed by atoms with E-state index in [0.29, 0.717) is 49.0 Å². The summed E-state index contributed by atoms with van der Waals surface area (Å²) in [5.74, 6) is 1.59. The number of fused-ring (bicyclic) bond motifs is 1. The first-order valence-electron chi connectivity index (χ1n) is 10.9. The fraction of sp³-hybridized carbons (Fsp3) is 0.292. The molecular formula is C24H22N6O4. The Bertz CT molecular complexity index is 1250. The van der Waals surface area contributed by atoms with Gasteiger partial charge in [0.05, 0.1) is 43.3 Å². The molecule has 0 saturated carbocycles. The van der Waals surface area contributed by atoms with E-state index in [1.807, 2.05) is 23.1 Å². The van der Waals surface area contributed by atoms with Crippen LogP contribution in [0.25, 0.3) is 0 Å². The fourth-order valence-corrected chi connectivity index (χ4v) is 4.16. The van der Waals surface area contributed by atoms with Crippen LogP contribution in [0, 0.1) is 11.3 Å². The van der Waals surface area contributed by atoms with E-state index in [9.17, 15) is 10.1 Å². The molecule has 1 saturated heterocycles. The molecule has 0 bridgehead atoms. The lowest BCUT2D eigenvalue weighted by Crippen LogP contribution is -2.31. The maximum absolute atomic E-state index is 12.7. The molecule has 0 N–H and O–H groups in total. The van der Waals surface area contributed by atoms with Crippen molar-refractivity contribution in [2.75, 3.05) is 38.3 Å². The lowest BCUT2D eigenvalue weighted by Gasteiger charge is -2.31. The summed E-state index contributed by atoms with van der Waals surface area (Å²) in [6, 6.07) is 9.53. The van der Waals surface area contributed by atoms with Gasteiger partial charge in [0.15, 0.2) is 0 Å². The van der Waals surface area contributed by atoms with Crippen molar-refractivity contribution in [3.63, 3.8) is 0 Å². The number of aromatic nitrogens is 3. The minimum absolute atomic E-state index is 0.1000. The van der Waals surface area contributed by atoms with Crippen molar-refractivity contribution < 1.29 is 19.0 Å². The van der Waals surface area contributed by atoms with Gasteiger partial charge in [-0.25, -0.2) is 15.0 Å². The molecule has 2 aliphatic heterocycles. The third kappa shape index (κ3) is 4.15. The van der Waals surface area contributed by atoms with Crippen LogP contribution in [0.5, 0.6) is 17.4 Å². The van der Waals surface area contributed by atoms with Gasteiger partial charge < -0.3 is 24.0 Å². The molecule has 34 heavy (non-hydrogen) atoms. The Hall–Kier alpha value is -4.39. The third-order valence-electron chi connectivity index (χ3n) is 5.80. The molecule has 4 heterocycles. The summed E-state index contributed by atoms with van der Waals surface area (Å²) in [4.78, 5) is 28.6. The van der Waals surface area contributed by atoms with E-state index >= 15 is 0 Å². The Kier molecular flexibility index (Phi) is 5.82. The molecule has 0 radical (unpaired) electrons. The minimum atomic E-state index is -0.127. The maximum atomic E-state index is 12.7. The molecule has 0 aliphatic carbocycles. The highest BCUT2D eigenvalue weighted by molar-refractivity contribution is 5.93. The summed E-state index contributed by atoms with van der Waals surface area (Å²) < 4.78 is 17.2. The summed E-state index contributed by atoms with van der Waals surface area (Å²) in [6.45, 7) is 2.19. The maximum Gasteiger partial charge on any atom is 0.257 e. The van der Waals surface area contributed by atoms with Crippen molar-refractivity contribution in [2.45, 2.75) is 12.5 Å². The lowest BCUT2D eigenvalue weighted by molar-refractivity contribution is 0.0771. The first-order valence-corrected chi connectivity index (χ1v) is 10.9. The molecule has 1 aromatic carbocycles. The Morgan fingerprint density at radius 2 is 2.06 bits per heavy atom. The number of nitriles is 1. The second kappa shape index (κ2) is 9.23. The number of carbonyl (C=O) groups excluding carboxylic acids is 1. The Balaban J connectivity index is 1.33. The van der Waals surface area contributed by atoms with Gasteiger partial charge in [-0.15, -0.1) is 0 Å². The van der Waals surface area contributed by atoms with E-state index in [2.05, 4.69) is 21.0 Å². The molecule has 10 heteroatoms. The predicted molar refractivity (Wildman–Crippen MR) is 121 cm³/mol. The zero-order valence-corrected chi connectivity index (χ0v) is 18.5. The number of amides is 1. The van der Waals surface area contributed by atoms with E-state index in [0.717, 1.165) is 23.5 Å². The van der Waals surface area contributed by atoms with Gasteiger partial charge in [-0.1, -0.05) is 0 Å². The fourth-order valence-electron chi connectivity index (χ4n) is 4.16. The van der Waals surface area contributed by atoms with Gasteiger partial charge in [0.25, 0.3) is 5.91 Å². The van der Waals surface area contributed by atoms with Gasteiger partial charge in [-0.3, -0.25) is 4.79 Å².